The Kier molecular flexibility index (Phi) is 2.71. The molecule has 1 heterocycles. The number of nitrogens with zero attached hydrogens (tertiary/aromatic N) is 1. The zero-order valence-electron chi connectivity index (χ0n) is 10.6. The van der Waals surface area contributed by atoms with Gasteiger partial charge < -0.3 is 10.4 Å². The molecule has 3 nitrogen and oxygen atoms in total. The van der Waals surface area contributed by atoms with Crippen molar-refractivity contribution in [3.63, 3.8) is 0 Å². The number of aryl methyl sites for hydroxylation is 1. The van der Waals surface area contributed by atoms with Crippen molar-refractivity contribution in [2.45, 2.75) is 19.8 Å². The summed E-state index contributed by atoms with van der Waals surface area (Å²) in [7, 11) is 0. The Morgan fingerprint density at radius 1 is 1.33 bits per heavy atom. The molecular formula is C15H18N2O. The standard InChI is InChI=1S/C15H18N2O/c1-11-8-14(16-9-15(10-18)6-7-15)12-4-2-3-5-13(12)17-11/h2-5,8,18H,6-7,9-10H2,1H3,(H,16,17). The number of hydrogen-bond acceptors (Lipinski definition) is 3. The Labute approximate surface area is 107 Å². The molecule has 0 aliphatic heterocycles. The first kappa shape index (κ1) is 11.5. The predicted molar refractivity (Wildman–Crippen MR) is 73.7 cm³/mol. The summed E-state index contributed by atoms with van der Waals surface area (Å²) in [4.78, 5) is 4.53. The average molecular weight is 242 g/mol. The maximum absolute atomic E-state index is 9.35. The van der Waals surface area contributed by atoms with Crippen LogP contribution in [-0.2, 0) is 0 Å². The maximum Gasteiger partial charge on any atom is 0.0725 e. The highest BCUT2D eigenvalue weighted by atomic mass is 16.3. The molecule has 18 heavy (non-hydrogen) atoms. The third kappa shape index (κ3) is 2.06. The zero-order valence-corrected chi connectivity index (χ0v) is 10.6. The normalized spacial score (nSPS) is 16.8. The fourth-order valence-electron chi connectivity index (χ4n) is 2.30. The van der Waals surface area contributed by atoms with E-state index in [0.717, 1.165) is 41.7 Å². The van der Waals surface area contributed by atoms with Crippen LogP contribution < -0.4 is 5.32 Å². The van der Waals surface area contributed by atoms with Gasteiger partial charge in [0.2, 0.25) is 0 Å². The highest BCUT2D eigenvalue weighted by molar-refractivity contribution is 5.91. The van der Waals surface area contributed by atoms with E-state index in [1.807, 2.05) is 25.1 Å². The lowest BCUT2D eigenvalue weighted by Gasteiger charge is -2.15. The number of rotatable bonds is 4. The highest BCUT2D eigenvalue weighted by Gasteiger charge is 2.41. The van der Waals surface area contributed by atoms with E-state index in [4.69, 9.17) is 0 Å². The van der Waals surface area contributed by atoms with Gasteiger partial charge in [0.25, 0.3) is 0 Å². The van der Waals surface area contributed by atoms with Gasteiger partial charge in [-0.05, 0) is 31.9 Å². The second-order valence-corrected chi connectivity index (χ2v) is 5.34. The van der Waals surface area contributed by atoms with E-state index in [-0.39, 0.29) is 12.0 Å². The number of pyridine rings is 1. The summed E-state index contributed by atoms with van der Waals surface area (Å²) in [6.07, 6.45) is 2.25. The summed E-state index contributed by atoms with van der Waals surface area (Å²) >= 11 is 0. The Morgan fingerprint density at radius 2 is 2.11 bits per heavy atom. The number of aromatic nitrogens is 1. The summed E-state index contributed by atoms with van der Waals surface area (Å²) in [6, 6.07) is 10.2. The molecule has 0 spiro atoms. The monoisotopic (exact) mass is 242 g/mol. The van der Waals surface area contributed by atoms with Gasteiger partial charge in [-0.25, -0.2) is 0 Å². The molecule has 0 unspecified atom stereocenters. The first-order valence-electron chi connectivity index (χ1n) is 6.44. The average Bonchev–Trinajstić information content (AvgIpc) is 3.16. The third-order valence-corrected chi connectivity index (χ3v) is 3.79. The van der Waals surface area contributed by atoms with Crippen LogP contribution in [0.25, 0.3) is 10.9 Å². The molecule has 3 heteroatoms. The van der Waals surface area contributed by atoms with Crippen LogP contribution in [0.4, 0.5) is 5.69 Å². The lowest BCUT2D eigenvalue weighted by molar-refractivity contribution is 0.220. The minimum absolute atomic E-state index is 0.123. The zero-order chi connectivity index (χ0) is 12.6. The summed E-state index contributed by atoms with van der Waals surface area (Å²) < 4.78 is 0. The number of para-hydroxylation sites is 1. The van der Waals surface area contributed by atoms with Gasteiger partial charge in [0.05, 0.1) is 12.1 Å². The minimum atomic E-state index is 0.123. The lowest BCUT2D eigenvalue weighted by Crippen LogP contribution is -2.19. The Hall–Kier alpha value is -1.61. The SMILES string of the molecule is Cc1cc(NCC2(CO)CC2)c2ccccc2n1. The molecule has 3 rings (SSSR count). The van der Waals surface area contributed by atoms with Gasteiger partial charge in [0, 0.05) is 28.7 Å². The number of anilines is 1. The largest absolute Gasteiger partial charge is 0.396 e. The molecule has 94 valence electrons. The van der Waals surface area contributed by atoms with Crippen molar-refractivity contribution in [3.05, 3.63) is 36.0 Å². The van der Waals surface area contributed by atoms with Crippen LogP contribution in [0.2, 0.25) is 0 Å². The fourth-order valence-corrected chi connectivity index (χ4v) is 2.30. The van der Waals surface area contributed by atoms with E-state index in [0.29, 0.717) is 0 Å². The summed E-state index contributed by atoms with van der Waals surface area (Å²) in [5.41, 5.74) is 3.29. The highest BCUT2D eigenvalue weighted by Crippen LogP contribution is 2.45. The van der Waals surface area contributed by atoms with Gasteiger partial charge in [0.1, 0.15) is 0 Å². The summed E-state index contributed by atoms with van der Waals surface area (Å²) in [6.45, 7) is 3.13. The van der Waals surface area contributed by atoms with E-state index >= 15 is 0 Å². The summed E-state index contributed by atoms with van der Waals surface area (Å²) in [5.74, 6) is 0. The smallest absolute Gasteiger partial charge is 0.0725 e. The van der Waals surface area contributed by atoms with Crippen molar-refractivity contribution >= 4 is 16.6 Å². The van der Waals surface area contributed by atoms with E-state index in [9.17, 15) is 5.11 Å². The van der Waals surface area contributed by atoms with Gasteiger partial charge in [0.15, 0.2) is 0 Å². The van der Waals surface area contributed by atoms with Crippen molar-refractivity contribution in [1.82, 2.24) is 4.98 Å². The van der Waals surface area contributed by atoms with Crippen LogP contribution in [0.15, 0.2) is 30.3 Å². The first-order valence-corrected chi connectivity index (χ1v) is 6.44. The molecular weight excluding hydrogens is 224 g/mol. The fraction of sp³-hybridized carbons (Fsp3) is 0.400. The van der Waals surface area contributed by atoms with Crippen LogP contribution in [0, 0.1) is 12.3 Å². The molecule has 0 saturated heterocycles. The number of hydrogen-bond donors (Lipinski definition) is 2. The minimum Gasteiger partial charge on any atom is -0.396 e. The van der Waals surface area contributed by atoms with E-state index in [1.165, 1.54) is 0 Å². The Bertz CT molecular complexity index is 576. The molecule has 1 aliphatic rings. The molecule has 0 amide bonds. The molecule has 1 aromatic heterocycles. The molecule has 1 fully saturated rings. The quantitative estimate of drug-likeness (QED) is 0.866. The van der Waals surface area contributed by atoms with Crippen LogP contribution in [0.5, 0.6) is 0 Å². The van der Waals surface area contributed by atoms with Crippen molar-refractivity contribution < 1.29 is 5.11 Å². The van der Waals surface area contributed by atoms with Crippen molar-refractivity contribution in [3.8, 4) is 0 Å². The van der Waals surface area contributed by atoms with Crippen molar-refractivity contribution in [2.24, 2.45) is 5.41 Å². The van der Waals surface area contributed by atoms with Gasteiger partial charge >= 0.3 is 0 Å². The van der Waals surface area contributed by atoms with Gasteiger partial charge in [-0.1, -0.05) is 18.2 Å². The number of fused-ring (bicyclic) bond motifs is 1. The second kappa shape index (κ2) is 4.25. The van der Waals surface area contributed by atoms with Gasteiger partial charge in [-0.15, -0.1) is 0 Å². The predicted octanol–water partition coefficient (Wildman–Crippen LogP) is 2.73. The van der Waals surface area contributed by atoms with Gasteiger partial charge in [-0.3, -0.25) is 4.98 Å². The number of aliphatic hydroxyl groups is 1. The number of benzene rings is 1. The lowest BCUT2D eigenvalue weighted by atomic mass is 10.1. The molecule has 1 aromatic carbocycles. The number of nitrogens with one attached hydrogen (secondary N) is 1. The molecule has 2 aromatic rings. The molecule has 0 atom stereocenters. The van der Waals surface area contributed by atoms with Crippen LogP contribution in [0.1, 0.15) is 18.5 Å². The first-order chi connectivity index (χ1) is 8.72. The molecule has 1 aliphatic carbocycles. The topological polar surface area (TPSA) is 45.1 Å². The second-order valence-electron chi connectivity index (χ2n) is 5.34. The molecule has 1 saturated carbocycles. The van der Waals surface area contributed by atoms with E-state index in [2.05, 4.69) is 22.4 Å². The molecule has 2 N–H and O–H groups in total. The van der Waals surface area contributed by atoms with Gasteiger partial charge in [-0.2, -0.15) is 0 Å². The van der Waals surface area contributed by atoms with Crippen LogP contribution >= 0.6 is 0 Å². The number of aliphatic hydroxyl groups excluding tert-OH is 1. The maximum atomic E-state index is 9.35. The van der Waals surface area contributed by atoms with Crippen LogP contribution in [-0.4, -0.2) is 23.2 Å². The van der Waals surface area contributed by atoms with E-state index in [1.54, 1.807) is 0 Å². The molecule has 0 bridgehead atoms. The van der Waals surface area contributed by atoms with Crippen LogP contribution in [0.3, 0.4) is 0 Å². The summed E-state index contributed by atoms with van der Waals surface area (Å²) in [5, 5.41) is 14.0. The third-order valence-electron chi connectivity index (χ3n) is 3.79. The van der Waals surface area contributed by atoms with Crippen molar-refractivity contribution in [2.75, 3.05) is 18.5 Å². The van der Waals surface area contributed by atoms with E-state index < -0.39 is 0 Å². The molecule has 0 radical (unpaired) electrons. The van der Waals surface area contributed by atoms with Crippen molar-refractivity contribution in [1.29, 1.82) is 0 Å². The Balaban J connectivity index is 1.91. The Morgan fingerprint density at radius 3 is 2.83 bits per heavy atom.